The molecule has 1 aromatic heterocycles. The number of nitrogens with one attached hydrogen (secondary N) is 1. The lowest BCUT2D eigenvalue weighted by molar-refractivity contribution is 0.601. The zero-order valence-corrected chi connectivity index (χ0v) is 12.3. The molecule has 0 radical (unpaired) electrons. The molecule has 0 atom stereocenters. The number of aromatic nitrogens is 1. The minimum absolute atomic E-state index is 0.245. The molecule has 0 unspecified atom stereocenters. The first kappa shape index (κ1) is 13.1. The van der Waals surface area contributed by atoms with Crippen LogP contribution < -0.4 is 4.72 Å². The van der Waals surface area contributed by atoms with E-state index < -0.39 is 10.0 Å². The molecule has 3 rings (SSSR count). The molecule has 0 saturated heterocycles. The van der Waals surface area contributed by atoms with Gasteiger partial charge in [0.1, 0.15) is 0 Å². The van der Waals surface area contributed by atoms with E-state index in [1.807, 2.05) is 13.0 Å². The Morgan fingerprint density at radius 1 is 1.10 bits per heavy atom. The van der Waals surface area contributed by atoms with Gasteiger partial charge in [0, 0.05) is 0 Å². The van der Waals surface area contributed by atoms with Crippen LogP contribution in [0.3, 0.4) is 0 Å². The first-order valence-corrected chi connectivity index (χ1v) is 8.30. The van der Waals surface area contributed by atoms with Gasteiger partial charge in [-0.25, -0.2) is 13.4 Å². The van der Waals surface area contributed by atoms with Crippen molar-refractivity contribution in [1.29, 1.82) is 0 Å². The fraction of sp³-hybridized carbons (Fsp3) is 0.0714. The molecule has 1 N–H and O–H groups in total. The average Bonchev–Trinajstić information content (AvgIpc) is 2.79. The van der Waals surface area contributed by atoms with Crippen molar-refractivity contribution in [3.8, 4) is 0 Å². The van der Waals surface area contributed by atoms with Crippen molar-refractivity contribution in [3.63, 3.8) is 0 Å². The van der Waals surface area contributed by atoms with E-state index in [9.17, 15) is 8.42 Å². The minimum Gasteiger partial charge on any atom is -0.280 e. The van der Waals surface area contributed by atoms with Crippen molar-refractivity contribution in [2.45, 2.75) is 11.8 Å². The lowest BCUT2D eigenvalue weighted by Crippen LogP contribution is -2.12. The predicted octanol–water partition coefficient (Wildman–Crippen LogP) is 3.41. The van der Waals surface area contributed by atoms with E-state index in [1.165, 1.54) is 0 Å². The van der Waals surface area contributed by atoms with E-state index in [2.05, 4.69) is 9.71 Å². The Bertz CT molecular complexity index is 855. The smallest absolute Gasteiger partial charge is 0.261 e. The van der Waals surface area contributed by atoms with Crippen LogP contribution in [0.4, 0.5) is 5.69 Å². The second-order valence-corrected chi connectivity index (χ2v) is 7.25. The summed E-state index contributed by atoms with van der Waals surface area (Å²) < 4.78 is 28.0. The van der Waals surface area contributed by atoms with Gasteiger partial charge in [0.2, 0.25) is 0 Å². The second-order valence-electron chi connectivity index (χ2n) is 4.33. The molecule has 0 aliphatic rings. The molecular weight excluding hydrogens is 292 g/mol. The molecule has 0 saturated carbocycles. The molecular formula is C14H12N2O2S2. The van der Waals surface area contributed by atoms with Crippen molar-refractivity contribution in [3.05, 3.63) is 53.5 Å². The minimum atomic E-state index is -3.55. The number of aryl methyl sites for hydroxylation is 1. The van der Waals surface area contributed by atoms with Crippen molar-refractivity contribution >= 4 is 37.3 Å². The highest BCUT2D eigenvalue weighted by Gasteiger charge is 2.13. The molecule has 0 spiro atoms. The van der Waals surface area contributed by atoms with Gasteiger partial charge >= 0.3 is 0 Å². The lowest BCUT2D eigenvalue weighted by atomic mass is 10.3. The molecule has 1 heterocycles. The Balaban J connectivity index is 1.96. The van der Waals surface area contributed by atoms with Crippen molar-refractivity contribution in [2.24, 2.45) is 0 Å². The first-order valence-electron chi connectivity index (χ1n) is 6.00. The fourth-order valence-corrected chi connectivity index (χ4v) is 3.80. The van der Waals surface area contributed by atoms with Gasteiger partial charge in [-0.05, 0) is 37.3 Å². The molecule has 0 fully saturated rings. The van der Waals surface area contributed by atoms with Crippen LogP contribution in [-0.4, -0.2) is 13.4 Å². The lowest BCUT2D eigenvalue weighted by Gasteiger charge is -2.07. The maximum atomic E-state index is 12.2. The molecule has 0 aliphatic carbocycles. The number of benzene rings is 2. The summed E-state index contributed by atoms with van der Waals surface area (Å²) in [4.78, 5) is 4.61. The van der Waals surface area contributed by atoms with Gasteiger partial charge in [0.05, 0.1) is 25.8 Å². The Morgan fingerprint density at radius 2 is 1.85 bits per heavy atom. The van der Waals surface area contributed by atoms with Crippen LogP contribution in [0, 0.1) is 6.92 Å². The molecule has 3 aromatic rings. The molecule has 2 aromatic carbocycles. The van der Waals surface area contributed by atoms with Gasteiger partial charge in [0.15, 0.2) is 0 Å². The molecule has 4 nitrogen and oxygen atoms in total. The van der Waals surface area contributed by atoms with E-state index >= 15 is 0 Å². The SMILES string of the molecule is Cc1nc2cc(NS(=O)(=O)c3ccccc3)ccc2s1. The van der Waals surface area contributed by atoms with Crippen LogP contribution in [0.2, 0.25) is 0 Å². The first-order chi connectivity index (χ1) is 9.54. The molecule has 0 aliphatic heterocycles. The molecule has 102 valence electrons. The quantitative estimate of drug-likeness (QED) is 0.806. The number of fused-ring (bicyclic) bond motifs is 1. The third kappa shape index (κ3) is 2.52. The normalized spacial score (nSPS) is 11.7. The van der Waals surface area contributed by atoms with Gasteiger partial charge < -0.3 is 0 Å². The number of hydrogen-bond donors (Lipinski definition) is 1. The van der Waals surface area contributed by atoms with Crippen LogP contribution in [-0.2, 0) is 10.0 Å². The molecule has 0 bridgehead atoms. The number of nitrogens with zero attached hydrogens (tertiary/aromatic N) is 1. The van der Waals surface area contributed by atoms with E-state index in [4.69, 9.17) is 0 Å². The highest BCUT2D eigenvalue weighted by Crippen LogP contribution is 2.25. The molecule has 0 amide bonds. The van der Waals surface area contributed by atoms with E-state index in [0.29, 0.717) is 5.69 Å². The maximum absolute atomic E-state index is 12.2. The van der Waals surface area contributed by atoms with E-state index in [-0.39, 0.29) is 4.90 Å². The Hall–Kier alpha value is -1.92. The van der Waals surface area contributed by atoms with Crippen LogP contribution in [0.5, 0.6) is 0 Å². The molecule has 6 heteroatoms. The zero-order valence-electron chi connectivity index (χ0n) is 10.7. The summed E-state index contributed by atoms with van der Waals surface area (Å²) in [7, 11) is -3.55. The number of rotatable bonds is 3. The van der Waals surface area contributed by atoms with E-state index in [0.717, 1.165) is 15.2 Å². The zero-order chi connectivity index (χ0) is 14.2. The van der Waals surface area contributed by atoms with Crippen LogP contribution in [0.25, 0.3) is 10.2 Å². The summed E-state index contributed by atoms with van der Waals surface area (Å²) in [5, 5.41) is 0.961. The van der Waals surface area contributed by atoms with Gasteiger partial charge in [-0.2, -0.15) is 0 Å². The topological polar surface area (TPSA) is 59.1 Å². The summed E-state index contributed by atoms with van der Waals surface area (Å²) in [6.07, 6.45) is 0. The average molecular weight is 304 g/mol. The van der Waals surface area contributed by atoms with Gasteiger partial charge in [-0.3, -0.25) is 4.72 Å². The van der Waals surface area contributed by atoms with Crippen molar-refractivity contribution in [1.82, 2.24) is 4.98 Å². The summed E-state index contributed by atoms with van der Waals surface area (Å²) >= 11 is 1.59. The fourth-order valence-electron chi connectivity index (χ4n) is 1.92. The number of hydrogen-bond acceptors (Lipinski definition) is 4. The van der Waals surface area contributed by atoms with Gasteiger partial charge in [-0.1, -0.05) is 18.2 Å². The van der Waals surface area contributed by atoms with Crippen molar-refractivity contribution in [2.75, 3.05) is 4.72 Å². The number of anilines is 1. The predicted molar refractivity (Wildman–Crippen MR) is 81.6 cm³/mol. The number of sulfonamides is 1. The third-order valence-corrected chi connectivity index (χ3v) is 5.15. The second kappa shape index (κ2) is 4.88. The standard InChI is InChI=1S/C14H12N2O2S2/c1-10-15-13-9-11(7-8-14(13)19-10)16-20(17,18)12-5-3-2-4-6-12/h2-9,16H,1H3. The highest BCUT2D eigenvalue weighted by molar-refractivity contribution is 7.92. The third-order valence-electron chi connectivity index (χ3n) is 2.80. The number of thiazole rings is 1. The summed E-state index contributed by atoms with van der Waals surface area (Å²) in [5.74, 6) is 0. The van der Waals surface area contributed by atoms with Crippen LogP contribution >= 0.6 is 11.3 Å². The maximum Gasteiger partial charge on any atom is 0.261 e. The Labute approximate surface area is 121 Å². The van der Waals surface area contributed by atoms with Crippen LogP contribution in [0.15, 0.2) is 53.4 Å². The Kier molecular flexibility index (Phi) is 3.19. The highest BCUT2D eigenvalue weighted by atomic mass is 32.2. The van der Waals surface area contributed by atoms with E-state index in [1.54, 1.807) is 53.8 Å². The van der Waals surface area contributed by atoms with Gasteiger partial charge in [0.25, 0.3) is 10.0 Å². The van der Waals surface area contributed by atoms with Crippen molar-refractivity contribution < 1.29 is 8.42 Å². The monoisotopic (exact) mass is 304 g/mol. The van der Waals surface area contributed by atoms with Gasteiger partial charge in [-0.15, -0.1) is 11.3 Å². The summed E-state index contributed by atoms with van der Waals surface area (Å²) in [6.45, 7) is 1.93. The van der Waals surface area contributed by atoms with Crippen LogP contribution in [0.1, 0.15) is 5.01 Å². The molecule has 20 heavy (non-hydrogen) atoms. The summed E-state index contributed by atoms with van der Waals surface area (Å²) in [5.41, 5.74) is 1.33. The summed E-state index contributed by atoms with van der Waals surface area (Å²) in [6, 6.07) is 13.7. The largest absolute Gasteiger partial charge is 0.280 e. The Morgan fingerprint density at radius 3 is 2.60 bits per heavy atom.